The lowest BCUT2D eigenvalue weighted by atomic mass is 10.0. The standard InChI is InChI=1S/C9H19NO4/c1-9(13,4-6-14-2)7-10-5-3-8(11)12/h10,13H,3-7H2,1-2H3,(H,11,12). The maximum Gasteiger partial charge on any atom is 0.304 e. The van der Waals surface area contributed by atoms with Gasteiger partial charge in [-0.2, -0.15) is 0 Å². The van der Waals surface area contributed by atoms with Crippen LogP contribution in [0.2, 0.25) is 0 Å². The van der Waals surface area contributed by atoms with Gasteiger partial charge in [0.05, 0.1) is 12.0 Å². The van der Waals surface area contributed by atoms with E-state index in [0.717, 1.165) is 0 Å². The van der Waals surface area contributed by atoms with Crippen molar-refractivity contribution >= 4 is 5.97 Å². The van der Waals surface area contributed by atoms with Crippen LogP contribution in [0.15, 0.2) is 0 Å². The van der Waals surface area contributed by atoms with E-state index in [2.05, 4.69) is 5.32 Å². The Bertz CT molecular complexity index is 170. The summed E-state index contributed by atoms with van der Waals surface area (Å²) in [5.41, 5.74) is -0.839. The number of hydrogen-bond acceptors (Lipinski definition) is 4. The number of methoxy groups -OCH3 is 1. The molecule has 3 N–H and O–H groups in total. The van der Waals surface area contributed by atoms with Crippen molar-refractivity contribution in [3.8, 4) is 0 Å². The SMILES string of the molecule is COCCC(C)(O)CNCCC(=O)O. The third-order valence-electron chi connectivity index (χ3n) is 1.87. The van der Waals surface area contributed by atoms with Gasteiger partial charge in [0.15, 0.2) is 0 Å². The number of rotatable bonds is 8. The molecule has 0 fully saturated rings. The van der Waals surface area contributed by atoms with Gasteiger partial charge >= 0.3 is 5.97 Å². The molecule has 0 aliphatic heterocycles. The first-order chi connectivity index (χ1) is 6.48. The van der Waals surface area contributed by atoms with Crippen LogP contribution in [0.25, 0.3) is 0 Å². The monoisotopic (exact) mass is 205 g/mol. The highest BCUT2D eigenvalue weighted by Crippen LogP contribution is 2.07. The molecule has 1 atom stereocenters. The number of aliphatic carboxylic acids is 1. The fourth-order valence-corrected chi connectivity index (χ4v) is 0.963. The lowest BCUT2D eigenvalue weighted by Crippen LogP contribution is -2.39. The number of hydrogen-bond donors (Lipinski definition) is 3. The van der Waals surface area contributed by atoms with E-state index < -0.39 is 11.6 Å². The molecule has 0 amide bonds. The summed E-state index contributed by atoms with van der Waals surface area (Å²) in [5.74, 6) is -0.839. The molecule has 14 heavy (non-hydrogen) atoms. The van der Waals surface area contributed by atoms with E-state index in [-0.39, 0.29) is 6.42 Å². The molecule has 5 nitrogen and oxygen atoms in total. The van der Waals surface area contributed by atoms with Crippen LogP contribution in [0.3, 0.4) is 0 Å². The molecule has 0 aromatic carbocycles. The molecule has 84 valence electrons. The van der Waals surface area contributed by atoms with Crippen molar-refractivity contribution in [2.24, 2.45) is 0 Å². The predicted molar refractivity (Wildman–Crippen MR) is 52.2 cm³/mol. The van der Waals surface area contributed by atoms with E-state index in [0.29, 0.717) is 26.1 Å². The van der Waals surface area contributed by atoms with Gasteiger partial charge in [-0.3, -0.25) is 4.79 Å². The van der Waals surface area contributed by atoms with Crippen LogP contribution < -0.4 is 5.32 Å². The first kappa shape index (κ1) is 13.4. The molecule has 0 heterocycles. The molecule has 0 saturated carbocycles. The minimum absolute atomic E-state index is 0.0698. The second-order valence-corrected chi connectivity index (χ2v) is 3.56. The zero-order valence-corrected chi connectivity index (χ0v) is 8.75. The van der Waals surface area contributed by atoms with Gasteiger partial charge in [0.25, 0.3) is 0 Å². The van der Waals surface area contributed by atoms with Gasteiger partial charge in [-0.15, -0.1) is 0 Å². The van der Waals surface area contributed by atoms with Gasteiger partial charge in [-0.25, -0.2) is 0 Å². The number of ether oxygens (including phenoxy) is 1. The Morgan fingerprint density at radius 1 is 1.57 bits per heavy atom. The van der Waals surface area contributed by atoms with Gasteiger partial charge in [0.1, 0.15) is 0 Å². The summed E-state index contributed by atoms with van der Waals surface area (Å²) in [6, 6.07) is 0. The second-order valence-electron chi connectivity index (χ2n) is 3.56. The summed E-state index contributed by atoms with van der Waals surface area (Å²) in [6.45, 7) is 2.94. The molecule has 0 saturated heterocycles. The Balaban J connectivity index is 3.49. The summed E-state index contributed by atoms with van der Waals surface area (Å²) in [7, 11) is 1.58. The van der Waals surface area contributed by atoms with Gasteiger partial charge in [0.2, 0.25) is 0 Å². The lowest BCUT2D eigenvalue weighted by molar-refractivity contribution is -0.136. The molecule has 0 aromatic heterocycles. The number of carboxylic acids is 1. The van der Waals surface area contributed by atoms with E-state index in [9.17, 15) is 9.90 Å². The number of carbonyl (C=O) groups is 1. The second kappa shape index (κ2) is 6.75. The van der Waals surface area contributed by atoms with Crippen LogP contribution in [0.4, 0.5) is 0 Å². The molecule has 0 rings (SSSR count). The summed E-state index contributed by atoms with van der Waals surface area (Å²) in [6.07, 6.45) is 0.601. The van der Waals surface area contributed by atoms with Crippen LogP contribution in [0.1, 0.15) is 19.8 Å². The van der Waals surface area contributed by atoms with Gasteiger partial charge in [-0.05, 0) is 6.92 Å². The molecular weight excluding hydrogens is 186 g/mol. The van der Waals surface area contributed by atoms with E-state index in [1.54, 1.807) is 14.0 Å². The average Bonchev–Trinajstić information content (AvgIpc) is 2.09. The predicted octanol–water partition coefficient (Wildman–Crippen LogP) is -0.162. The Morgan fingerprint density at radius 2 is 2.21 bits per heavy atom. The zero-order chi connectivity index (χ0) is 11.0. The molecular formula is C9H19NO4. The van der Waals surface area contributed by atoms with E-state index >= 15 is 0 Å². The summed E-state index contributed by atoms with van der Waals surface area (Å²) in [4.78, 5) is 10.2. The van der Waals surface area contributed by atoms with Crippen LogP contribution >= 0.6 is 0 Å². The van der Waals surface area contributed by atoms with Crippen LogP contribution in [-0.2, 0) is 9.53 Å². The average molecular weight is 205 g/mol. The lowest BCUT2D eigenvalue weighted by Gasteiger charge is -2.23. The molecule has 5 heteroatoms. The highest BCUT2D eigenvalue weighted by Gasteiger charge is 2.18. The molecule has 0 bridgehead atoms. The third-order valence-corrected chi connectivity index (χ3v) is 1.87. The fraction of sp³-hybridized carbons (Fsp3) is 0.889. The molecule has 0 radical (unpaired) electrons. The molecule has 0 aromatic rings. The first-order valence-electron chi connectivity index (χ1n) is 4.62. The molecule has 1 unspecified atom stereocenters. The maximum atomic E-state index is 10.2. The first-order valence-corrected chi connectivity index (χ1v) is 4.62. The maximum absolute atomic E-state index is 10.2. The van der Waals surface area contributed by atoms with Crippen LogP contribution in [-0.4, -0.2) is 48.6 Å². The fourth-order valence-electron chi connectivity index (χ4n) is 0.963. The molecule has 0 aliphatic carbocycles. The number of aliphatic hydroxyl groups is 1. The normalized spacial score (nSPS) is 15.1. The van der Waals surface area contributed by atoms with Crippen molar-refractivity contribution in [3.63, 3.8) is 0 Å². The van der Waals surface area contributed by atoms with Crippen LogP contribution in [0.5, 0.6) is 0 Å². The topological polar surface area (TPSA) is 78.8 Å². The van der Waals surface area contributed by atoms with E-state index in [1.165, 1.54) is 0 Å². The van der Waals surface area contributed by atoms with Crippen molar-refractivity contribution in [1.82, 2.24) is 5.32 Å². The third kappa shape index (κ3) is 7.97. The molecule has 0 aliphatic rings. The number of nitrogens with one attached hydrogen (secondary N) is 1. The van der Waals surface area contributed by atoms with Crippen molar-refractivity contribution in [3.05, 3.63) is 0 Å². The quantitative estimate of drug-likeness (QED) is 0.480. The van der Waals surface area contributed by atoms with Crippen molar-refractivity contribution in [1.29, 1.82) is 0 Å². The largest absolute Gasteiger partial charge is 0.481 e. The molecule has 0 spiro atoms. The van der Waals surface area contributed by atoms with Crippen molar-refractivity contribution in [2.75, 3.05) is 26.8 Å². The van der Waals surface area contributed by atoms with Gasteiger partial charge < -0.3 is 20.3 Å². The summed E-state index contributed by atoms with van der Waals surface area (Å²) >= 11 is 0. The number of carboxylic acid groups (broad SMARTS) is 1. The highest BCUT2D eigenvalue weighted by atomic mass is 16.5. The Kier molecular flexibility index (Phi) is 6.44. The highest BCUT2D eigenvalue weighted by molar-refractivity contribution is 5.66. The van der Waals surface area contributed by atoms with Crippen molar-refractivity contribution in [2.45, 2.75) is 25.4 Å². The van der Waals surface area contributed by atoms with Gasteiger partial charge in [-0.1, -0.05) is 0 Å². The van der Waals surface area contributed by atoms with Crippen LogP contribution in [0, 0.1) is 0 Å². The Hall–Kier alpha value is -0.650. The van der Waals surface area contributed by atoms with Gasteiger partial charge in [0, 0.05) is 33.2 Å². The minimum Gasteiger partial charge on any atom is -0.481 e. The summed E-state index contributed by atoms with van der Waals surface area (Å²) < 4.78 is 4.84. The smallest absolute Gasteiger partial charge is 0.304 e. The van der Waals surface area contributed by atoms with Crippen molar-refractivity contribution < 1.29 is 19.7 Å². The Labute approximate surface area is 84.1 Å². The Morgan fingerprint density at radius 3 is 2.71 bits per heavy atom. The van der Waals surface area contributed by atoms with E-state index in [4.69, 9.17) is 9.84 Å². The summed E-state index contributed by atoms with van der Waals surface area (Å²) in [5, 5.41) is 21.0. The van der Waals surface area contributed by atoms with E-state index in [1.807, 2.05) is 0 Å². The minimum atomic E-state index is -0.839. The zero-order valence-electron chi connectivity index (χ0n) is 8.75.